The van der Waals surface area contributed by atoms with Gasteiger partial charge in [-0.15, -0.1) is 11.6 Å². The fourth-order valence-corrected chi connectivity index (χ4v) is 10.5. The highest BCUT2D eigenvalue weighted by atomic mass is 35.5. The van der Waals surface area contributed by atoms with Crippen LogP contribution >= 0.6 is 11.6 Å². The van der Waals surface area contributed by atoms with E-state index in [9.17, 15) is 102 Å². The molecule has 0 aliphatic carbocycles. The Balaban J connectivity index is 4.55. The number of aliphatic carboxylic acids is 1. The molecule has 118 heavy (non-hydrogen) atoms. The largest absolute Gasteiger partial charge is 0.479 e. The van der Waals surface area contributed by atoms with Crippen LogP contribution in [-0.2, 0) is 105 Å². The zero-order valence-corrected chi connectivity index (χ0v) is 69.5. The minimum Gasteiger partial charge on any atom is -0.479 e. The maximum atomic E-state index is 15.1. The molecule has 43 nitrogen and oxygen atoms in total. The molecule has 1 aliphatic heterocycles. The average Bonchev–Trinajstić information content (AvgIpc) is 0.842. The Labute approximate surface area is 689 Å². The van der Waals surface area contributed by atoms with Crippen molar-refractivity contribution in [3.05, 3.63) is 11.8 Å². The molecule has 0 aromatic heterocycles. The van der Waals surface area contributed by atoms with E-state index in [0.717, 1.165) is 57.9 Å². The number of unbranched alkanes of at least 4 members (excludes halogenated alkanes) is 9. The van der Waals surface area contributed by atoms with E-state index in [1.54, 1.807) is 0 Å². The number of ether oxygens (including phenoxy) is 7. The molecule has 0 spiro atoms. The van der Waals surface area contributed by atoms with Gasteiger partial charge < -0.3 is 128 Å². The lowest BCUT2D eigenvalue weighted by atomic mass is 10.0. The van der Waals surface area contributed by atoms with Crippen molar-refractivity contribution in [2.24, 2.45) is 23.7 Å². The summed E-state index contributed by atoms with van der Waals surface area (Å²) in [5.74, 6) is -22.8. The first kappa shape index (κ1) is 106. The SMILES string of the molecule is C/C=C1/NC(=O)C([C@H](C)O)NC(=O)[C@H](CCNC(=O)OCOC(=O)C(C)C)NC(=O)C([C@H](O)C(=O)O)NC(=O)C(CCCCNC(=O)OCOC(=O)C(C)C)NC(=O)[C@H](CC(=O)NCCC(C)C)NC(=O)C(CCNC(=O)OCOC(=O)C(C)C)NC(=O)C(NC(=O)C[C@H](O)CCCCCCCCCCC)COC(=O)C([C@H](O)CCl)NC1=O. The third kappa shape index (κ3) is 44.3. The van der Waals surface area contributed by atoms with Crippen LogP contribution in [0.2, 0.25) is 0 Å². The van der Waals surface area contributed by atoms with E-state index >= 15 is 9.59 Å². The van der Waals surface area contributed by atoms with Crippen molar-refractivity contribution in [3.8, 4) is 0 Å². The van der Waals surface area contributed by atoms with Crippen LogP contribution in [0.4, 0.5) is 14.4 Å². The van der Waals surface area contributed by atoms with Gasteiger partial charge in [0.1, 0.15) is 54.6 Å². The molecule has 12 atom stereocenters. The molecule has 0 radical (unpaired) electrons. The predicted molar refractivity (Wildman–Crippen MR) is 414 cm³/mol. The zero-order chi connectivity index (χ0) is 89.1. The number of halogens is 1. The Hall–Kier alpha value is -10.3. The molecule has 0 bridgehead atoms. The zero-order valence-electron chi connectivity index (χ0n) is 68.7. The molecule has 13 amide bonds. The van der Waals surface area contributed by atoms with Gasteiger partial charge in [-0.3, -0.25) is 62.3 Å². The summed E-state index contributed by atoms with van der Waals surface area (Å²) < 4.78 is 34.7. The van der Waals surface area contributed by atoms with Crippen LogP contribution in [-0.4, -0.2) is 265 Å². The number of carboxylic acids is 1. The standard InChI is InChI=1S/C74H122ClN13O30/c1-12-14-15-16-17-18-19-20-21-24-45(90)33-54(93)80-51-36-112-71(108)56(52(91)35-75)87-59(95)46(13-2)81-65(101)55(44(11)89)86-62(98)49(28-32-79-74(111)118-39-115-70(107)43(9)10)84-66(102)57(58(94)67(103)104)88-61(97)47(25-22-23-29-77-72(109)116-37-113-68(105)41(5)6)82-63(99)50(34-53(92)76-30-26-40(3)4)85-60(96)48(83-64(51)100)27-31-78-73(110)117-38-114-69(106)42(7)8/h13,40-45,47-52,55-58,89-91,94H,12,14-39H2,1-11H3,(H,76,92)(H,77,109)(H,78,110)(H,79,111)(H,80,93)(H,81,101)(H,82,99)(H,83,100)(H,84,102)(H,85,96)(H,86,98)(H,87,95)(H,88,97)(H,103,104)/b46-13+/t44-,45+,47?,48?,49-,50-,51?,52+,55?,56?,57?,58-/m0/s1. The van der Waals surface area contributed by atoms with Gasteiger partial charge in [-0.05, 0) is 64.7 Å². The number of rotatable bonds is 43. The summed E-state index contributed by atoms with van der Waals surface area (Å²) in [5.41, 5.74) is -0.791. The smallest absolute Gasteiger partial charge is 0.410 e. The van der Waals surface area contributed by atoms with Gasteiger partial charge in [0, 0.05) is 26.2 Å². The number of hydrogen-bond acceptors (Lipinski definition) is 29. The maximum absolute atomic E-state index is 15.1. The molecule has 1 heterocycles. The normalized spacial score (nSPS) is 20.5. The van der Waals surface area contributed by atoms with Crippen LogP contribution in [0.5, 0.6) is 0 Å². The Morgan fingerprint density at radius 2 is 0.932 bits per heavy atom. The fourth-order valence-electron chi connectivity index (χ4n) is 10.4. The average molecular weight is 1710 g/mol. The molecule has 6 unspecified atom stereocenters. The summed E-state index contributed by atoms with van der Waals surface area (Å²) in [5, 5.41) is 83.9. The number of carbonyl (C=O) groups is 18. The third-order valence-corrected chi connectivity index (χ3v) is 17.7. The second-order valence-electron chi connectivity index (χ2n) is 28.9. The van der Waals surface area contributed by atoms with Crippen molar-refractivity contribution in [2.75, 3.05) is 59.0 Å². The van der Waals surface area contributed by atoms with Crippen LogP contribution in [0.1, 0.15) is 192 Å². The van der Waals surface area contributed by atoms with E-state index in [2.05, 4.69) is 70.7 Å². The fraction of sp³-hybridized carbons (Fsp3) is 0.730. The van der Waals surface area contributed by atoms with Crippen LogP contribution in [0.3, 0.4) is 0 Å². The number of aliphatic hydroxyl groups is 4. The van der Waals surface area contributed by atoms with E-state index in [1.165, 1.54) is 48.5 Å². The molecule has 1 aliphatic rings. The summed E-state index contributed by atoms with van der Waals surface area (Å²) in [7, 11) is 0. The van der Waals surface area contributed by atoms with E-state index in [-0.39, 0.29) is 38.3 Å². The second kappa shape index (κ2) is 58.6. The maximum Gasteiger partial charge on any atom is 0.410 e. The van der Waals surface area contributed by atoms with Crippen molar-refractivity contribution >= 4 is 119 Å². The van der Waals surface area contributed by atoms with Crippen LogP contribution in [0, 0.1) is 23.7 Å². The summed E-state index contributed by atoms with van der Waals surface area (Å²) >= 11 is 6.02. The molecule has 670 valence electrons. The molecular weight excluding hydrogens is 1590 g/mol. The van der Waals surface area contributed by atoms with Crippen molar-refractivity contribution in [1.29, 1.82) is 0 Å². The molecule has 44 heteroatoms. The molecule has 1 saturated heterocycles. The van der Waals surface area contributed by atoms with Gasteiger partial charge in [-0.2, -0.15) is 0 Å². The number of allylic oxidation sites excluding steroid dienone is 1. The number of nitrogens with one attached hydrogen (secondary N) is 13. The van der Waals surface area contributed by atoms with Gasteiger partial charge in [-0.1, -0.05) is 126 Å². The first-order valence-corrected chi connectivity index (χ1v) is 39.8. The van der Waals surface area contributed by atoms with Gasteiger partial charge in [0.15, 0.2) is 12.1 Å². The third-order valence-electron chi connectivity index (χ3n) is 17.3. The topological polar surface area (TPSA) is 629 Å². The number of amides is 13. The Morgan fingerprint density at radius 3 is 1.41 bits per heavy atom. The van der Waals surface area contributed by atoms with E-state index < -0.39 is 281 Å². The summed E-state index contributed by atoms with van der Waals surface area (Å²) in [6.45, 7) is 11.2. The molecule has 1 fully saturated rings. The van der Waals surface area contributed by atoms with Crippen LogP contribution in [0.25, 0.3) is 0 Å². The van der Waals surface area contributed by atoms with Crippen LogP contribution < -0.4 is 69.1 Å². The number of aliphatic hydroxyl groups excluding tert-OH is 4. The Morgan fingerprint density at radius 1 is 0.483 bits per heavy atom. The number of esters is 4. The summed E-state index contributed by atoms with van der Waals surface area (Å²) in [6.07, 6.45) is -6.58. The van der Waals surface area contributed by atoms with Crippen molar-refractivity contribution < 1.29 is 145 Å². The lowest BCUT2D eigenvalue weighted by Crippen LogP contribution is -2.63. The number of cyclic esters (lactones) is 1. The van der Waals surface area contributed by atoms with Gasteiger partial charge in [0.25, 0.3) is 5.91 Å². The molecule has 0 aromatic rings. The highest BCUT2D eigenvalue weighted by Gasteiger charge is 2.41. The van der Waals surface area contributed by atoms with E-state index in [0.29, 0.717) is 19.3 Å². The number of alkyl carbamates (subject to hydrolysis) is 3. The number of alkyl halides is 1. The molecule has 18 N–H and O–H groups in total. The van der Waals surface area contributed by atoms with Crippen molar-refractivity contribution in [1.82, 2.24) is 69.1 Å². The van der Waals surface area contributed by atoms with Gasteiger partial charge >= 0.3 is 48.1 Å². The summed E-state index contributed by atoms with van der Waals surface area (Å²) in [6, 6.07) is -17.8. The molecule has 0 saturated carbocycles. The van der Waals surface area contributed by atoms with Crippen LogP contribution in [0.15, 0.2) is 11.8 Å². The van der Waals surface area contributed by atoms with Gasteiger partial charge in [-0.25, -0.2) is 24.0 Å². The second-order valence-corrected chi connectivity index (χ2v) is 29.2. The Kier molecular flexibility index (Phi) is 52.5. The number of carboxylic acid groups (broad SMARTS) is 1. The number of carbonyl (C=O) groups excluding carboxylic acids is 17. The molecule has 1 rings (SSSR count). The summed E-state index contributed by atoms with van der Waals surface area (Å²) in [4.78, 5) is 247. The van der Waals surface area contributed by atoms with Gasteiger partial charge in [0.2, 0.25) is 73.5 Å². The monoisotopic (exact) mass is 1710 g/mol. The highest BCUT2D eigenvalue weighted by Crippen LogP contribution is 2.15. The van der Waals surface area contributed by atoms with Crippen molar-refractivity contribution in [3.63, 3.8) is 0 Å². The van der Waals surface area contributed by atoms with E-state index in [1.807, 2.05) is 19.2 Å². The van der Waals surface area contributed by atoms with Crippen molar-refractivity contribution in [2.45, 2.75) is 264 Å². The molecular formula is C74H122ClN13O30. The molecule has 0 aromatic carbocycles. The predicted octanol–water partition coefficient (Wildman–Crippen LogP) is -1.31. The number of hydrogen-bond donors (Lipinski definition) is 18. The highest BCUT2D eigenvalue weighted by molar-refractivity contribution is 6.18. The first-order valence-electron chi connectivity index (χ1n) is 39.2. The minimum atomic E-state index is -2.99. The van der Waals surface area contributed by atoms with E-state index in [4.69, 9.17) is 44.8 Å². The Bertz CT molecular complexity index is 3330. The quantitative estimate of drug-likeness (QED) is 0.00842. The minimum absolute atomic E-state index is 0.0152. The first-order chi connectivity index (χ1) is 55.7. The lowest BCUT2D eigenvalue weighted by molar-refractivity contribution is -0.156. The lowest BCUT2D eigenvalue weighted by Gasteiger charge is -2.29. The van der Waals surface area contributed by atoms with Gasteiger partial charge in [0.05, 0.1) is 54.8 Å².